The van der Waals surface area contributed by atoms with Crippen LogP contribution in [0.2, 0.25) is 0 Å². The number of hydrogen-bond acceptors (Lipinski definition) is 4. The largest absolute Gasteiger partial charge is 0.376 e. The van der Waals surface area contributed by atoms with Gasteiger partial charge >= 0.3 is 0 Å². The van der Waals surface area contributed by atoms with Crippen LogP contribution in [0.15, 0.2) is 0 Å². The monoisotopic (exact) mass is 241 g/mol. The maximum absolute atomic E-state index is 5.94. The second-order valence-electron chi connectivity index (χ2n) is 5.52. The molecule has 0 aromatic carbocycles. The van der Waals surface area contributed by atoms with Gasteiger partial charge in [0.1, 0.15) is 0 Å². The van der Waals surface area contributed by atoms with E-state index >= 15 is 0 Å². The Labute approximate surface area is 105 Å². The highest BCUT2D eigenvalue weighted by atomic mass is 16.5. The van der Waals surface area contributed by atoms with Crippen LogP contribution in [0.25, 0.3) is 0 Å². The molecule has 100 valence electrons. The van der Waals surface area contributed by atoms with E-state index in [-0.39, 0.29) is 0 Å². The van der Waals surface area contributed by atoms with E-state index in [2.05, 4.69) is 29.1 Å². The van der Waals surface area contributed by atoms with Gasteiger partial charge in [0.15, 0.2) is 0 Å². The summed E-state index contributed by atoms with van der Waals surface area (Å²) in [6, 6.07) is 0.674. The third-order valence-corrected chi connectivity index (χ3v) is 3.97. The van der Waals surface area contributed by atoms with Gasteiger partial charge in [-0.1, -0.05) is 0 Å². The average molecular weight is 241 g/mol. The Hall–Kier alpha value is -0.160. The summed E-state index contributed by atoms with van der Waals surface area (Å²) in [7, 11) is 2.20. The zero-order valence-electron chi connectivity index (χ0n) is 11.3. The van der Waals surface area contributed by atoms with Crippen molar-refractivity contribution >= 4 is 0 Å². The van der Waals surface area contributed by atoms with Crippen molar-refractivity contribution in [3.05, 3.63) is 0 Å². The predicted molar refractivity (Wildman–Crippen MR) is 70.4 cm³/mol. The van der Waals surface area contributed by atoms with Crippen molar-refractivity contribution in [1.82, 2.24) is 15.1 Å². The van der Waals surface area contributed by atoms with Gasteiger partial charge in [0.25, 0.3) is 0 Å². The Bertz CT molecular complexity index is 187. The first kappa shape index (κ1) is 13.3. The van der Waals surface area contributed by atoms with Gasteiger partial charge < -0.3 is 15.0 Å². The van der Waals surface area contributed by atoms with Crippen LogP contribution in [0.3, 0.4) is 0 Å². The van der Waals surface area contributed by atoms with E-state index in [1.54, 1.807) is 0 Å². The lowest BCUT2D eigenvalue weighted by Gasteiger charge is -2.33. The van der Waals surface area contributed by atoms with Crippen LogP contribution >= 0.6 is 0 Å². The third kappa shape index (κ3) is 4.54. The lowest BCUT2D eigenvalue weighted by Crippen LogP contribution is -2.46. The summed E-state index contributed by atoms with van der Waals surface area (Å²) in [6.07, 6.45) is 2.91. The minimum absolute atomic E-state index is 0.443. The third-order valence-electron chi connectivity index (χ3n) is 3.97. The summed E-state index contributed by atoms with van der Waals surface area (Å²) in [5.74, 6) is 0. The number of piperazine rings is 1. The Balaban J connectivity index is 1.54. The SMILES string of the molecule is CC1CCC(OCCN2CCN(C)CC2)CN1. The van der Waals surface area contributed by atoms with Crippen molar-refractivity contribution < 1.29 is 4.74 Å². The molecule has 0 radical (unpaired) electrons. The molecule has 0 aromatic rings. The standard InChI is InChI=1S/C13H27N3O/c1-12-3-4-13(11-14-12)17-10-9-16-7-5-15(2)6-8-16/h12-14H,3-11H2,1-2H3. The molecule has 2 aliphatic heterocycles. The molecule has 2 heterocycles. The molecular formula is C13H27N3O. The fourth-order valence-electron chi connectivity index (χ4n) is 2.53. The number of ether oxygens (including phenoxy) is 1. The molecule has 2 aliphatic rings. The van der Waals surface area contributed by atoms with Gasteiger partial charge in [-0.2, -0.15) is 0 Å². The summed E-state index contributed by atoms with van der Waals surface area (Å²) >= 11 is 0. The molecule has 4 nitrogen and oxygen atoms in total. The highest BCUT2D eigenvalue weighted by Crippen LogP contribution is 2.10. The Morgan fingerprint density at radius 1 is 1.18 bits per heavy atom. The topological polar surface area (TPSA) is 27.7 Å². The molecule has 1 N–H and O–H groups in total. The van der Waals surface area contributed by atoms with Crippen molar-refractivity contribution in [2.24, 2.45) is 0 Å². The molecule has 0 amide bonds. The van der Waals surface area contributed by atoms with Crippen LogP contribution in [0.5, 0.6) is 0 Å². The molecular weight excluding hydrogens is 214 g/mol. The number of piperidine rings is 1. The number of likely N-dealkylation sites (N-methyl/N-ethyl adjacent to an activating group) is 1. The van der Waals surface area contributed by atoms with E-state index in [9.17, 15) is 0 Å². The molecule has 17 heavy (non-hydrogen) atoms. The van der Waals surface area contributed by atoms with Gasteiger partial charge in [-0.25, -0.2) is 0 Å². The highest BCUT2D eigenvalue weighted by Gasteiger charge is 2.18. The lowest BCUT2D eigenvalue weighted by molar-refractivity contribution is 0.0128. The van der Waals surface area contributed by atoms with Crippen molar-refractivity contribution in [2.75, 3.05) is 52.9 Å². The molecule has 2 atom stereocenters. The normalized spacial score (nSPS) is 32.8. The van der Waals surface area contributed by atoms with Crippen molar-refractivity contribution in [3.63, 3.8) is 0 Å². The van der Waals surface area contributed by atoms with E-state index in [1.165, 1.54) is 39.0 Å². The predicted octanol–water partition coefficient (Wildman–Crippen LogP) is 0.391. The quantitative estimate of drug-likeness (QED) is 0.771. The molecule has 0 aromatic heterocycles. The number of rotatable bonds is 4. The number of hydrogen-bond donors (Lipinski definition) is 1. The van der Waals surface area contributed by atoms with Gasteiger partial charge in [0.2, 0.25) is 0 Å². The van der Waals surface area contributed by atoms with Crippen molar-refractivity contribution in [2.45, 2.75) is 31.9 Å². The molecule has 2 rings (SSSR count). The highest BCUT2D eigenvalue weighted by molar-refractivity contribution is 4.75. The maximum atomic E-state index is 5.94. The Morgan fingerprint density at radius 2 is 1.94 bits per heavy atom. The van der Waals surface area contributed by atoms with E-state index in [0.717, 1.165) is 19.7 Å². The van der Waals surface area contributed by atoms with E-state index < -0.39 is 0 Å². The maximum Gasteiger partial charge on any atom is 0.0700 e. The Kier molecular flexibility index (Phi) is 5.22. The van der Waals surface area contributed by atoms with Crippen molar-refractivity contribution in [3.8, 4) is 0 Å². The molecule has 0 aliphatic carbocycles. The number of nitrogens with zero attached hydrogens (tertiary/aromatic N) is 2. The van der Waals surface area contributed by atoms with Gasteiger partial charge in [-0.15, -0.1) is 0 Å². The number of nitrogens with one attached hydrogen (secondary N) is 1. The van der Waals surface area contributed by atoms with Crippen molar-refractivity contribution in [1.29, 1.82) is 0 Å². The van der Waals surface area contributed by atoms with Crippen LogP contribution < -0.4 is 5.32 Å². The molecule has 0 saturated carbocycles. The van der Waals surface area contributed by atoms with Crippen LogP contribution in [-0.4, -0.2) is 74.9 Å². The molecule has 0 bridgehead atoms. The molecule has 2 saturated heterocycles. The first-order chi connectivity index (χ1) is 8.24. The second kappa shape index (κ2) is 6.69. The van der Waals surface area contributed by atoms with Crippen LogP contribution in [0.4, 0.5) is 0 Å². The Morgan fingerprint density at radius 3 is 2.59 bits per heavy atom. The van der Waals surface area contributed by atoms with E-state index in [1.807, 2.05) is 0 Å². The molecule has 2 fully saturated rings. The summed E-state index contributed by atoms with van der Waals surface area (Å²) < 4.78 is 5.94. The zero-order chi connectivity index (χ0) is 12.1. The van der Waals surface area contributed by atoms with Gasteiger partial charge in [-0.3, -0.25) is 4.90 Å². The average Bonchev–Trinajstić information content (AvgIpc) is 2.34. The van der Waals surface area contributed by atoms with Gasteiger partial charge in [0.05, 0.1) is 12.7 Å². The lowest BCUT2D eigenvalue weighted by atomic mass is 10.0. The van der Waals surface area contributed by atoms with Gasteiger partial charge in [0, 0.05) is 45.3 Å². The first-order valence-electron chi connectivity index (χ1n) is 7.00. The van der Waals surface area contributed by atoms with Gasteiger partial charge in [-0.05, 0) is 26.8 Å². The fourth-order valence-corrected chi connectivity index (χ4v) is 2.53. The minimum Gasteiger partial charge on any atom is -0.376 e. The minimum atomic E-state index is 0.443. The summed E-state index contributed by atoms with van der Waals surface area (Å²) in [5, 5.41) is 3.48. The second-order valence-corrected chi connectivity index (χ2v) is 5.52. The molecule has 2 unspecified atom stereocenters. The van der Waals surface area contributed by atoms with Crippen LogP contribution in [0.1, 0.15) is 19.8 Å². The van der Waals surface area contributed by atoms with Crippen LogP contribution in [0, 0.1) is 0 Å². The first-order valence-corrected chi connectivity index (χ1v) is 7.00. The summed E-state index contributed by atoms with van der Waals surface area (Å²) in [4.78, 5) is 4.91. The smallest absolute Gasteiger partial charge is 0.0700 e. The van der Waals surface area contributed by atoms with E-state index in [0.29, 0.717) is 12.1 Å². The fraction of sp³-hybridized carbons (Fsp3) is 1.00. The zero-order valence-corrected chi connectivity index (χ0v) is 11.3. The summed E-state index contributed by atoms with van der Waals surface area (Å²) in [5.41, 5.74) is 0. The van der Waals surface area contributed by atoms with Crippen LogP contribution in [-0.2, 0) is 4.74 Å². The molecule has 4 heteroatoms. The summed E-state index contributed by atoms with van der Waals surface area (Å²) in [6.45, 7) is 10.1. The van der Waals surface area contributed by atoms with E-state index in [4.69, 9.17) is 4.74 Å². The molecule has 0 spiro atoms.